The number of nitrogens with zero attached hydrogens (tertiary/aromatic N) is 1. The fraction of sp³-hybridized carbons (Fsp3) is 0.286. The van der Waals surface area contributed by atoms with E-state index >= 15 is 0 Å². The highest BCUT2D eigenvalue weighted by Gasteiger charge is 2.21. The van der Waals surface area contributed by atoms with Crippen LogP contribution in [0.25, 0.3) is 0 Å². The molecule has 0 radical (unpaired) electrons. The van der Waals surface area contributed by atoms with E-state index in [1.165, 1.54) is 5.56 Å². The molecule has 0 unspecified atom stereocenters. The Labute approximate surface area is 206 Å². The summed E-state index contributed by atoms with van der Waals surface area (Å²) >= 11 is 0. The average Bonchev–Trinajstić information content (AvgIpc) is 2.90. The molecule has 1 heterocycles. The largest absolute Gasteiger partial charge is 0.497 e. The maximum Gasteiger partial charge on any atom is 0.411 e. The number of carbonyl (C=O) groups excluding carboxylic acids is 2. The van der Waals surface area contributed by atoms with Gasteiger partial charge in [-0.25, -0.2) is 4.79 Å². The van der Waals surface area contributed by atoms with E-state index in [1.807, 2.05) is 6.07 Å². The van der Waals surface area contributed by atoms with Gasteiger partial charge in [0.2, 0.25) is 0 Å². The molecule has 1 saturated heterocycles. The van der Waals surface area contributed by atoms with Crippen molar-refractivity contribution in [1.29, 1.82) is 0 Å². The number of ether oxygens (including phenoxy) is 2. The van der Waals surface area contributed by atoms with Crippen LogP contribution >= 0.6 is 0 Å². The zero-order chi connectivity index (χ0) is 24.5. The molecule has 0 aliphatic carbocycles. The maximum atomic E-state index is 12.6. The van der Waals surface area contributed by atoms with Gasteiger partial charge in [-0.05, 0) is 73.8 Å². The highest BCUT2D eigenvalue weighted by atomic mass is 16.5. The number of amides is 2. The molecule has 0 spiro atoms. The molecule has 0 aromatic heterocycles. The predicted octanol–water partition coefficient (Wildman–Crippen LogP) is 5.41. The molecule has 182 valence electrons. The molecule has 1 aliphatic heterocycles. The number of methoxy groups -OCH3 is 1. The first kappa shape index (κ1) is 24.3. The van der Waals surface area contributed by atoms with Crippen LogP contribution in [-0.4, -0.2) is 43.7 Å². The number of nitrogens with one attached hydrogen (secondary N) is 2. The summed E-state index contributed by atoms with van der Waals surface area (Å²) in [5.41, 5.74) is 2.79. The summed E-state index contributed by atoms with van der Waals surface area (Å²) in [7, 11) is 1.57. The van der Waals surface area contributed by atoms with Crippen molar-refractivity contribution in [1.82, 2.24) is 4.90 Å². The molecule has 1 fully saturated rings. The van der Waals surface area contributed by atoms with Crippen molar-refractivity contribution >= 4 is 23.4 Å². The molecule has 3 aromatic carbocycles. The second kappa shape index (κ2) is 12.0. The standard InChI is InChI=1S/C28H31N3O4/c1-34-24-13-11-23(12-14-24)27(32)29-25-9-5-6-10-26(25)30-28(33)35-20-22-15-17-31(18-16-22)19-21-7-3-2-4-8-21/h2-14,22H,15-20H2,1H3,(H,29,32)(H,30,33). The van der Waals surface area contributed by atoms with Gasteiger partial charge in [0.1, 0.15) is 5.75 Å². The molecule has 0 bridgehead atoms. The van der Waals surface area contributed by atoms with Crippen LogP contribution in [0.15, 0.2) is 78.9 Å². The molecule has 2 N–H and O–H groups in total. The van der Waals surface area contributed by atoms with Crippen LogP contribution in [0.1, 0.15) is 28.8 Å². The van der Waals surface area contributed by atoms with Crippen LogP contribution in [0.3, 0.4) is 0 Å². The SMILES string of the molecule is COc1ccc(C(=O)Nc2ccccc2NC(=O)OCC2CCN(Cc3ccccc3)CC2)cc1. The molecular weight excluding hydrogens is 442 g/mol. The van der Waals surface area contributed by atoms with Crippen molar-refractivity contribution in [3.8, 4) is 5.75 Å². The fourth-order valence-corrected chi connectivity index (χ4v) is 4.13. The van der Waals surface area contributed by atoms with Gasteiger partial charge in [0.25, 0.3) is 5.91 Å². The smallest absolute Gasteiger partial charge is 0.411 e. The number of piperidine rings is 1. The van der Waals surface area contributed by atoms with E-state index in [1.54, 1.807) is 55.6 Å². The van der Waals surface area contributed by atoms with Crippen molar-refractivity contribution < 1.29 is 19.1 Å². The molecule has 35 heavy (non-hydrogen) atoms. The molecule has 2 amide bonds. The van der Waals surface area contributed by atoms with Crippen molar-refractivity contribution in [2.24, 2.45) is 5.92 Å². The second-order valence-corrected chi connectivity index (χ2v) is 8.66. The number of rotatable bonds is 8. The van der Waals surface area contributed by atoms with Crippen molar-refractivity contribution in [3.63, 3.8) is 0 Å². The van der Waals surface area contributed by atoms with E-state index in [4.69, 9.17) is 9.47 Å². The molecule has 3 aromatic rings. The van der Waals surface area contributed by atoms with Gasteiger partial charge in [-0.2, -0.15) is 0 Å². The van der Waals surface area contributed by atoms with Gasteiger partial charge < -0.3 is 14.8 Å². The monoisotopic (exact) mass is 473 g/mol. The summed E-state index contributed by atoms with van der Waals surface area (Å²) in [6.45, 7) is 3.31. The summed E-state index contributed by atoms with van der Waals surface area (Å²) in [5, 5.41) is 5.60. The number of para-hydroxylation sites is 2. The molecule has 1 aliphatic rings. The number of carbonyl (C=O) groups is 2. The van der Waals surface area contributed by atoms with Gasteiger partial charge in [-0.15, -0.1) is 0 Å². The minimum absolute atomic E-state index is 0.280. The van der Waals surface area contributed by atoms with Crippen LogP contribution in [-0.2, 0) is 11.3 Å². The highest BCUT2D eigenvalue weighted by molar-refractivity contribution is 6.06. The molecule has 0 atom stereocenters. The zero-order valence-corrected chi connectivity index (χ0v) is 19.9. The van der Waals surface area contributed by atoms with Crippen molar-refractivity contribution in [2.45, 2.75) is 19.4 Å². The lowest BCUT2D eigenvalue weighted by Gasteiger charge is -2.31. The average molecular weight is 474 g/mol. The van der Waals surface area contributed by atoms with Gasteiger partial charge in [0, 0.05) is 12.1 Å². The van der Waals surface area contributed by atoms with Crippen LogP contribution < -0.4 is 15.4 Å². The Balaban J connectivity index is 1.24. The third-order valence-electron chi connectivity index (χ3n) is 6.17. The highest BCUT2D eigenvalue weighted by Crippen LogP contribution is 2.23. The number of anilines is 2. The van der Waals surface area contributed by atoms with Crippen molar-refractivity contribution in [2.75, 3.05) is 37.4 Å². The third kappa shape index (κ3) is 7.07. The summed E-state index contributed by atoms with van der Waals surface area (Å²) in [6.07, 6.45) is 1.46. The molecule has 7 nitrogen and oxygen atoms in total. The Bertz CT molecular complexity index is 1110. The summed E-state index contributed by atoms with van der Waals surface area (Å²) < 4.78 is 10.6. The Morgan fingerprint density at radius 1 is 0.857 bits per heavy atom. The quantitative estimate of drug-likeness (QED) is 0.457. The lowest BCUT2D eigenvalue weighted by molar-refractivity contribution is 0.102. The summed E-state index contributed by atoms with van der Waals surface area (Å²) in [6, 6.07) is 24.3. The lowest BCUT2D eigenvalue weighted by Crippen LogP contribution is -2.35. The van der Waals surface area contributed by atoms with Gasteiger partial charge >= 0.3 is 6.09 Å². The fourth-order valence-electron chi connectivity index (χ4n) is 4.13. The molecular formula is C28H31N3O4. The Kier molecular flexibility index (Phi) is 8.35. The first-order valence-corrected chi connectivity index (χ1v) is 11.8. The zero-order valence-electron chi connectivity index (χ0n) is 19.9. The van der Waals surface area contributed by atoms with Gasteiger partial charge in [-0.3, -0.25) is 15.0 Å². The van der Waals surface area contributed by atoms with Gasteiger partial charge in [0.15, 0.2) is 0 Å². The Hall–Kier alpha value is -3.84. The van der Waals surface area contributed by atoms with Gasteiger partial charge in [0.05, 0.1) is 25.1 Å². The number of hydrogen-bond donors (Lipinski definition) is 2. The topological polar surface area (TPSA) is 79.9 Å². The summed E-state index contributed by atoms with van der Waals surface area (Å²) in [4.78, 5) is 27.5. The van der Waals surface area contributed by atoms with E-state index in [2.05, 4.69) is 39.8 Å². The second-order valence-electron chi connectivity index (χ2n) is 8.66. The van der Waals surface area contributed by atoms with Gasteiger partial charge in [-0.1, -0.05) is 42.5 Å². The lowest BCUT2D eigenvalue weighted by atomic mass is 9.97. The van der Waals surface area contributed by atoms with Crippen LogP contribution in [0.4, 0.5) is 16.2 Å². The van der Waals surface area contributed by atoms with Crippen LogP contribution in [0.5, 0.6) is 5.75 Å². The van der Waals surface area contributed by atoms with E-state index in [9.17, 15) is 9.59 Å². The Morgan fingerprint density at radius 3 is 2.14 bits per heavy atom. The van der Waals surface area contributed by atoms with E-state index in [-0.39, 0.29) is 5.91 Å². The minimum Gasteiger partial charge on any atom is -0.497 e. The van der Waals surface area contributed by atoms with Crippen LogP contribution in [0.2, 0.25) is 0 Å². The van der Waals surface area contributed by atoms with Crippen LogP contribution in [0, 0.1) is 5.92 Å². The van der Waals surface area contributed by atoms with E-state index < -0.39 is 6.09 Å². The van der Waals surface area contributed by atoms with E-state index in [0.29, 0.717) is 35.2 Å². The first-order chi connectivity index (χ1) is 17.1. The molecule has 4 rings (SSSR count). The number of benzene rings is 3. The normalized spacial score (nSPS) is 14.2. The first-order valence-electron chi connectivity index (χ1n) is 11.8. The predicted molar refractivity (Wildman–Crippen MR) is 137 cm³/mol. The number of hydrogen-bond acceptors (Lipinski definition) is 5. The molecule has 7 heteroatoms. The van der Waals surface area contributed by atoms with E-state index in [0.717, 1.165) is 32.5 Å². The minimum atomic E-state index is -0.525. The Morgan fingerprint density at radius 2 is 1.49 bits per heavy atom. The maximum absolute atomic E-state index is 12.6. The molecule has 0 saturated carbocycles. The summed E-state index contributed by atoms with van der Waals surface area (Å²) in [5.74, 6) is 0.739. The number of likely N-dealkylation sites (tertiary alicyclic amines) is 1. The van der Waals surface area contributed by atoms with Crippen molar-refractivity contribution in [3.05, 3.63) is 90.0 Å². The third-order valence-corrected chi connectivity index (χ3v) is 6.17.